The van der Waals surface area contributed by atoms with Crippen molar-refractivity contribution in [1.29, 1.82) is 0 Å². The highest BCUT2D eigenvalue weighted by atomic mass is 15.0. The van der Waals surface area contributed by atoms with Crippen molar-refractivity contribution >= 4 is 5.82 Å². The van der Waals surface area contributed by atoms with Gasteiger partial charge in [0.15, 0.2) is 0 Å². The number of nitrogens with zero attached hydrogens (tertiary/aromatic N) is 3. The summed E-state index contributed by atoms with van der Waals surface area (Å²) in [5, 5.41) is 3.44. The van der Waals surface area contributed by atoms with Crippen LogP contribution in [0.3, 0.4) is 0 Å². The Hall–Kier alpha value is -2.75. The number of hydrogen-bond donors (Lipinski definition) is 1. The zero-order valence-electron chi connectivity index (χ0n) is 12.7. The van der Waals surface area contributed by atoms with Gasteiger partial charge in [-0.25, -0.2) is 9.97 Å². The summed E-state index contributed by atoms with van der Waals surface area (Å²) in [6.07, 6.45) is 3.54. The molecule has 0 fully saturated rings. The topological polar surface area (TPSA) is 50.7 Å². The molecule has 1 atom stereocenters. The Balaban J connectivity index is 1.87. The van der Waals surface area contributed by atoms with E-state index in [9.17, 15) is 0 Å². The van der Waals surface area contributed by atoms with Gasteiger partial charge in [0.05, 0.1) is 5.69 Å². The van der Waals surface area contributed by atoms with Gasteiger partial charge in [0.1, 0.15) is 11.6 Å². The van der Waals surface area contributed by atoms with Gasteiger partial charge in [-0.05, 0) is 31.5 Å². The molecule has 0 spiro atoms. The van der Waals surface area contributed by atoms with Crippen LogP contribution in [0.5, 0.6) is 0 Å². The molecule has 4 heteroatoms. The molecule has 0 aliphatic rings. The molecule has 110 valence electrons. The fraction of sp³-hybridized carbons (Fsp3) is 0.167. The summed E-state index contributed by atoms with van der Waals surface area (Å²) in [5.74, 6) is 1.58. The molecule has 0 aliphatic carbocycles. The van der Waals surface area contributed by atoms with Crippen LogP contribution in [0.4, 0.5) is 5.82 Å². The van der Waals surface area contributed by atoms with E-state index in [1.165, 1.54) is 5.56 Å². The normalized spacial score (nSPS) is 11.9. The largest absolute Gasteiger partial charge is 0.363 e. The maximum Gasteiger partial charge on any atom is 0.130 e. The minimum absolute atomic E-state index is 0.181. The van der Waals surface area contributed by atoms with Crippen LogP contribution < -0.4 is 5.32 Å². The van der Waals surface area contributed by atoms with Gasteiger partial charge < -0.3 is 5.32 Å². The Labute approximate surface area is 130 Å². The highest BCUT2D eigenvalue weighted by molar-refractivity contribution is 5.62. The molecule has 0 saturated heterocycles. The third-order valence-corrected chi connectivity index (χ3v) is 3.48. The Bertz CT molecular complexity index is 742. The third kappa shape index (κ3) is 3.28. The van der Waals surface area contributed by atoms with E-state index in [0.717, 1.165) is 22.9 Å². The fourth-order valence-corrected chi connectivity index (χ4v) is 2.36. The number of pyridine rings is 1. The molecule has 0 aliphatic heterocycles. The first-order valence-electron chi connectivity index (χ1n) is 7.30. The van der Waals surface area contributed by atoms with Crippen molar-refractivity contribution in [3.8, 4) is 11.3 Å². The van der Waals surface area contributed by atoms with Gasteiger partial charge in [0, 0.05) is 30.1 Å². The maximum atomic E-state index is 4.51. The smallest absolute Gasteiger partial charge is 0.130 e. The number of hydrogen-bond acceptors (Lipinski definition) is 4. The lowest BCUT2D eigenvalue weighted by Crippen LogP contribution is -2.09. The van der Waals surface area contributed by atoms with Crippen LogP contribution in [0.25, 0.3) is 11.3 Å². The summed E-state index contributed by atoms with van der Waals surface area (Å²) < 4.78 is 0. The van der Waals surface area contributed by atoms with Crippen LogP contribution in [0.15, 0.2) is 60.9 Å². The average molecular weight is 290 g/mol. The zero-order valence-corrected chi connectivity index (χ0v) is 12.7. The van der Waals surface area contributed by atoms with Gasteiger partial charge >= 0.3 is 0 Å². The van der Waals surface area contributed by atoms with Crippen molar-refractivity contribution in [2.45, 2.75) is 19.9 Å². The van der Waals surface area contributed by atoms with Crippen molar-refractivity contribution < 1.29 is 0 Å². The SMILES string of the molecule is Cc1nc(NC(C)c2ccccc2)cc(-c2ccncc2)n1. The molecule has 1 unspecified atom stereocenters. The van der Waals surface area contributed by atoms with Crippen molar-refractivity contribution in [1.82, 2.24) is 15.0 Å². The Kier molecular flexibility index (Phi) is 4.10. The quantitative estimate of drug-likeness (QED) is 0.788. The van der Waals surface area contributed by atoms with Crippen molar-refractivity contribution in [2.75, 3.05) is 5.32 Å². The van der Waals surface area contributed by atoms with E-state index >= 15 is 0 Å². The lowest BCUT2D eigenvalue weighted by Gasteiger charge is -2.16. The van der Waals surface area contributed by atoms with Gasteiger partial charge in [-0.1, -0.05) is 30.3 Å². The Morgan fingerprint density at radius 3 is 2.41 bits per heavy atom. The summed E-state index contributed by atoms with van der Waals surface area (Å²) in [7, 11) is 0. The fourth-order valence-electron chi connectivity index (χ4n) is 2.36. The summed E-state index contributed by atoms with van der Waals surface area (Å²) >= 11 is 0. The molecule has 2 heterocycles. The number of anilines is 1. The average Bonchev–Trinajstić information content (AvgIpc) is 2.56. The van der Waals surface area contributed by atoms with Crippen LogP contribution >= 0.6 is 0 Å². The summed E-state index contributed by atoms with van der Waals surface area (Å²) in [6.45, 7) is 4.03. The second-order valence-corrected chi connectivity index (χ2v) is 5.20. The van der Waals surface area contributed by atoms with Gasteiger partial charge in [0.25, 0.3) is 0 Å². The van der Waals surface area contributed by atoms with Crippen molar-refractivity contribution in [3.63, 3.8) is 0 Å². The molecule has 3 aromatic rings. The Morgan fingerprint density at radius 2 is 1.68 bits per heavy atom. The minimum Gasteiger partial charge on any atom is -0.363 e. The van der Waals surface area contributed by atoms with Crippen LogP contribution in [-0.2, 0) is 0 Å². The number of rotatable bonds is 4. The van der Waals surface area contributed by atoms with Crippen molar-refractivity contribution in [3.05, 3.63) is 72.3 Å². The van der Waals surface area contributed by atoms with Gasteiger partial charge in [-0.15, -0.1) is 0 Å². The first-order chi connectivity index (χ1) is 10.7. The molecule has 0 radical (unpaired) electrons. The summed E-state index contributed by atoms with van der Waals surface area (Å²) in [6, 6.07) is 16.4. The number of benzene rings is 1. The molecule has 22 heavy (non-hydrogen) atoms. The molecule has 1 aromatic carbocycles. The second kappa shape index (κ2) is 6.35. The van der Waals surface area contributed by atoms with Crippen molar-refractivity contribution in [2.24, 2.45) is 0 Å². The summed E-state index contributed by atoms with van der Waals surface area (Å²) in [5.41, 5.74) is 3.16. The van der Waals surface area contributed by atoms with E-state index < -0.39 is 0 Å². The van der Waals surface area contributed by atoms with Crippen LogP contribution in [-0.4, -0.2) is 15.0 Å². The van der Waals surface area contributed by atoms with E-state index in [-0.39, 0.29) is 6.04 Å². The highest BCUT2D eigenvalue weighted by Gasteiger charge is 2.08. The van der Waals surface area contributed by atoms with E-state index in [1.807, 2.05) is 43.3 Å². The molecule has 0 amide bonds. The van der Waals surface area contributed by atoms with Gasteiger partial charge in [-0.2, -0.15) is 0 Å². The molecule has 3 rings (SSSR count). The van der Waals surface area contributed by atoms with E-state index in [4.69, 9.17) is 0 Å². The first kappa shape index (κ1) is 14.2. The first-order valence-corrected chi connectivity index (χ1v) is 7.30. The molecule has 4 nitrogen and oxygen atoms in total. The standard InChI is InChI=1S/C18H18N4/c1-13(15-6-4-3-5-7-15)20-18-12-17(21-14(2)22-18)16-8-10-19-11-9-16/h3-13H,1-2H3,(H,20,21,22). The molecule has 1 N–H and O–H groups in total. The molecule has 2 aromatic heterocycles. The predicted molar refractivity (Wildman–Crippen MR) is 88.5 cm³/mol. The molecular formula is C18H18N4. The summed E-state index contributed by atoms with van der Waals surface area (Å²) in [4.78, 5) is 13.0. The zero-order chi connectivity index (χ0) is 15.4. The number of aryl methyl sites for hydroxylation is 1. The second-order valence-electron chi connectivity index (χ2n) is 5.20. The van der Waals surface area contributed by atoms with Crippen LogP contribution in [0.1, 0.15) is 24.4 Å². The molecule has 0 bridgehead atoms. The molecule has 0 saturated carbocycles. The van der Waals surface area contributed by atoms with E-state index in [1.54, 1.807) is 12.4 Å². The number of nitrogens with one attached hydrogen (secondary N) is 1. The van der Waals surface area contributed by atoms with Crippen LogP contribution in [0, 0.1) is 6.92 Å². The third-order valence-electron chi connectivity index (χ3n) is 3.48. The molecular weight excluding hydrogens is 272 g/mol. The lowest BCUT2D eigenvalue weighted by atomic mass is 10.1. The Morgan fingerprint density at radius 1 is 0.955 bits per heavy atom. The monoisotopic (exact) mass is 290 g/mol. The van der Waals surface area contributed by atoms with Gasteiger partial charge in [-0.3, -0.25) is 4.98 Å². The van der Waals surface area contributed by atoms with E-state index in [0.29, 0.717) is 0 Å². The number of aromatic nitrogens is 3. The maximum absolute atomic E-state index is 4.51. The van der Waals surface area contributed by atoms with Gasteiger partial charge in [0.2, 0.25) is 0 Å². The lowest BCUT2D eigenvalue weighted by molar-refractivity contribution is 0.867. The van der Waals surface area contributed by atoms with Crippen LogP contribution in [0.2, 0.25) is 0 Å². The predicted octanol–water partition coefficient (Wildman–Crippen LogP) is 4.02. The minimum atomic E-state index is 0.181. The van der Waals surface area contributed by atoms with E-state index in [2.05, 4.69) is 39.3 Å². The highest BCUT2D eigenvalue weighted by Crippen LogP contribution is 2.22.